The van der Waals surface area contributed by atoms with Crippen molar-refractivity contribution >= 4 is 11.2 Å². The molecule has 0 bridgehead atoms. The largest absolute Gasteiger partial charge is 0.279 e. The number of hydrogen-bond donors (Lipinski definition) is 3. The molecule has 25 heavy (non-hydrogen) atoms. The van der Waals surface area contributed by atoms with Crippen LogP contribution in [0.5, 0.6) is 0 Å². The summed E-state index contributed by atoms with van der Waals surface area (Å²) in [5.74, 6) is 4.72. The Labute approximate surface area is 147 Å². The highest BCUT2D eigenvalue weighted by molar-refractivity contribution is 7.80. The fraction of sp³-hybridized carbons (Fsp3) is 0.438. The molecule has 1 atom stereocenters. The maximum atomic E-state index is 14.7. The summed E-state index contributed by atoms with van der Waals surface area (Å²) in [6.07, 6.45) is 3.05. The van der Waals surface area contributed by atoms with Gasteiger partial charge in [-0.1, -0.05) is 0 Å². The Morgan fingerprint density at radius 3 is 2.48 bits per heavy atom. The summed E-state index contributed by atoms with van der Waals surface area (Å²) < 4.78 is 43.5. The van der Waals surface area contributed by atoms with Crippen molar-refractivity contribution in [1.29, 1.82) is 0 Å². The molecule has 1 unspecified atom stereocenters. The van der Waals surface area contributed by atoms with E-state index in [0.29, 0.717) is 11.3 Å². The first-order chi connectivity index (χ1) is 12.0. The lowest BCUT2D eigenvalue weighted by atomic mass is 9.84. The van der Waals surface area contributed by atoms with E-state index >= 15 is 0 Å². The second-order valence-electron chi connectivity index (χ2n) is 6.27. The number of rotatable bonds is 5. The van der Waals surface area contributed by atoms with Crippen molar-refractivity contribution < 1.29 is 13.0 Å². The Bertz CT molecular complexity index is 741. The monoisotopic (exact) mass is 369 g/mol. The van der Waals surface area contributed by atoms with Gasteiger partial charge in [0.25, 0.3) is 0 Å². The minimum atomic E-state index is -1.42. The average Bonchev–Trinajstić information content (AvgIpc) is 2.98. The van der Waals surface area contributed by atoms with Crippen molar-refractivity contribution in [2.75, 3.05) is 7.05 Å². The molecule has 1 aliphatic rings. The van der Waals surface area contributed by atoms with Crippen LogP contribution in [0.25, 0.3) is 11.3 Å². The molecule has 3 rings (SSSR count). The Kier molecular flexibility index (Phi) is 5.57. The van der Waals surface area contributed by atoms with E-state index in [1.807, 2.05) is 0 Å². The number of nitrogens with zero attached hydrogens (tertiary/aromatic N) is 2. The van der Waals surface area contributed by atoms with Crippen LogP contribution in [0.15, 0.2) is 24.3 Å². The quantitative estimate of drug-likeness (QED) is 0.558. The maximum Gasteiger partial charge on any atom is 0.183 e. The highest BCUT2D eigenvalue weighted by Gasteiger charge is 2.28. The van der Waals surface area contributed by atoms with Crippen LogP contribution in [0.3, 0.4) is 0 Å². The normalized spacial score (nSPS) is 22.3. The second kappa shape index (κ2) is 7.69. The first kappa shape index (κ1) is 18.1. The number of hydrazine groups is 1. The highest BCUT2D eigenvalue weighted by atomic mass is 32.2. The molecule has 1 heterocycles. The van der Waals surface area contributed by atoms with Gasteiger partial charge in [-0.15, -0.1) is 0 Å². The second-order valence-corrected chi connectivity index (χ2v) is 7.58. The molecule has 0 aliphatic heterocycles. The SMILES string of the molecule is CN(N)S(=O)NC1CCC(c2[nH]nc(-c3ccc(F)cc3)c2F)CC1. The summed E-state index contributed by atoms with van der Waals surface area (Å²) in [6.45, 7) is 0. The van der Waals surface area contributed by atoms with Gasteiger partial charge in [-0.25, -0.2) is 17.7 Å². The summed E-state index contributed by atoms with van der Waals surface area (Å²) >= 11 is -1.42. The Balaban J connectivity index is 1.66. The molecule has 0 amide bonds. The van der Waals surface area contributed by atoms with Crippen LogP contribution < -0.4 is 10.6 Å². The maximum absolute atomic E-state index is 14.7. The number of benzene rings is 1. The van der Waals surface area contributed by atoms with Crippen LogP contribution in [0, 0.1) is 11.6 Å². The zero-order valence-electron chi connectivity index (χ0n) is 13.8. The number of aromatic amines is 1. The van der Waals surface area contributed by atoms with Crippen molar-refractivity contribution in [2.45, 2.75) is 37.6 Å². The number of aromatic nitrogens is 2. The summed E-state index contributed by atoms with van der Waals surface area (Å²) in [7, 11) is 1.53. The van der Waals surface area contributed by atoms with Gasteiger partial charge in [0.05, 0.1) is 5.69 Å². The molecule has 9 heteroatoms. The van der Waals surface area contributed by atoms with Gasteiger partial charge in [0.1, 0.15) is 11.5 Å². The first-order valence-corrected chi connectivity index (χ1v) is 9.22. The van der Waals surface area contributed by atoms with Crippen molar-refractivity contribution in [2.24, 2.45) is 5.84 Å². The number of halogens is 2. The third-order valence-electron chi connectivity index (χ3n) is 4.51. The van der Waals surface area contributed by atoms with Crippen LogP contribution >= 0.6 is 0 Å². The molecule has 1 aromatic heterocycles. The van der Waals surface area contributed by atoms with Gasteiger partial charge in [-0.3, -0.25) is 10.9 Å². The lowest BCUT2D eigenvalue weighted by Crippen LogP contribution is -2.43. The summed E-state index contributed by atoms with van der Waals surface area (Å²) in [6, 6.07) is 5.68. The van der Waals surface area contributed by atoms with Crippen molar-refractivity contribution in [1.82, 2.24) is 19.3 Å². The van der Waals surface area contributed by atoms with Gasteiger partial charge in [0.2, 0.25) is 0 Å². The third kappa shape index (κ3) is 4.12. The summed E-state index contributed by atoms with van der Waals surface area (Å²) in [5, 5.41) is 6.87. The van der Waals surface area contributed by atoms with E-state index in [9.17, 15) is 13.0 Å². The Morgan fingerprint density at radius 1 is 1.24 bits per heavy atom. The lowest BCUT2D eigenvalue weighted by Gasteiger charge is -2.28. The minimum Gasteiger partial charge on any atom is -0.279 e. The van der Waals surface area contributed by atoms with Crippen LogP contribution in [-0.2, 0) is 11.2 Å². The standard InChI is InChI=1S/C16H21F2N5OS/c1-23(19)25(24)22-13-8-4-11(5-9-13)16-14(18)15(20-21-16)10-2-6-12(17)7-3-10/h2-3,6-7,11,13,22H,4-5,8-9,19H2,1H3,(H,20,21). The van der Waals surface area contributed by atoms with Crippen LogP contribution in [-0.4, -0.2) is 31.9 Å². The van der Waals surface area contributed by atoms with Crippen molar-refractivity contribution in [3.63, 3.8) is 0 Å². The van der Waals surface area contributed by atoms with E-state index in [4.69, 9.17) is 5.84 Å². The predicted molar refractivity (Wildman–Crippen MR) is 92.2 cm³/mol. The number of nitrogens with two attached hydrogens (primary N) is 1. The smallest absolute Gasteiger partial charge is 0.183 e. The lowest BCUT2D eigenvalue weighted by molar-refractivity contribution is 0.362. The van der Waals surface area contributed by atoms with E-state index in [1.54, 1.807) is 0 Å². The molecule has 0 saturated heterocycles. The zero-order chi connectivity index (χ0) is 18.0. The van der Waals surface area contributed by atoms with Crippen molar-refractivity contribution in [3.05, 3.63) is 41.6 Å². The molecule has 1 aromatic carbocycles. The Morgan fingerprint density at radius 2 is 1.88 bits per heavy atom. The fourth-order valence-corrected chi connectivity index (χ4v) is 3.82. The van der Waals surface area contributed by atoms with E-state index in [-0.39, 0.29) is 29.3 Å². The van der Waals surface area contributed by atoms with E-state index < -0.39 is 11.2 Å². The van der Waals surface area contributed by atoms with E-state index in [1.165, 1.54) is 31.3 Å². The molecule has 1 saturated carbocycles. The van der Waals surface area contributed by atoms with Gasteiger partial charge in [0.15, 0.2) is 17.0 Å². The van der Waals surface area contributed by atoms with Crippen LogP contribution in [0.1, 0.15) is 37.3 Å². The number of H-pyrrole nitrogens is 1. The molecule has 1 fully saturated rings. The summed E-state index contributed by atoms with van der Waals surface area (Å²) in [5.41, 5.74) is 1.23. The molecule has 0 radical (unpaired) electrons. The highest BCUT2D eigenvalue weighted by Crippen LogP contribution is 2.35. The Hall–Kier alpha value is -1.68. The van der Waals surface area contributed by atoms with Crippen LogP contribution in [0.4, 0.5) is 8.78 Å². The molecule has 1 aliphatic carbocycles. The van der Waals surface area contributed by atoms with Gasteiger partial charge in [-0.05, 0) is 49.9 Å². The van der Waals surface area contributed by atoms with E-state index in [2.05, 4.69) is 14.9 Å². The molecule has 6 nitrogen and oxygen atoms in total. The molecule has 136 valence electrons. The van der Waals surface area contributed by atoms with Gasteiger partial charge in [-0.2, -0.15) is 9.51 Å². The minimum absolute atomic E-state index is 0.0313. The summed E-state index contributed by atoms with van der Waals surface area (Å²) in [4.78, 5) is 0. The average molecular weight is 369 g/mol. The predicted octanol–water partition coefficient (Wildman–Crippen LogP) is 2.35. The number of hydrogen-bond acceptors (Lipinski definition) is 3. The first-order valence-electron chi connectivity index (χ1n) is 8.12. The molecule has 4 N–H and O–H groups in total. The van der Waals surface area contributed by atoms with E-state index in [0.717, 1.165) is 30.1 Å². The number of nitrogens with one attached hydrogen (secondary N) is 2. The zero-order valence-corrected chi connectivity index (χ0v) is 14.7. The van der Waals surface area contributed by atoms with Gasteiger partial charge < -0.3 is 0 Å². The third-order valence-corrected chi connectivity index (χ3v) is 5.57. The van der Waals surface area contributed by atoms with Crippen LogP contribution in [0.2, 0.25) is 0 Å². The van der Waals surface area contributed by atoms with Gasteiger partial charge in [0, 0.05) is 24.6 Å². The fourth-order valence-electron chi connectivity index (χ4n) is 3.14. The molecule has 0 spiro atoms. The van der Waals surface area contributed by atoms with Crippen molar-refractivity contribution in [3.8, 4) is 11.3 Å². The topological polar surface area (TPSA) is 87.0 Å². The van der Waals surface area contributed by atoms with Gasteiger partial charge >= 0.3 is 0 Å². The molecular weight excluding hydrogens is 348 g/mol. The molecular formula is C16H21F2N5OS. The molecule has 2 aromatic rings.